The van der Waals surface area contributed by atoms with Crippen LogP contribution >= 0.6 is 0 Å². The lowest BCUT2D eigenvalue weighted by Gasteiger charge is -2.26. The van der Waals surface area contributed by atoms with Crippen LogP contribution in [-0.4, -0.2) is 31.8 Å². The summed E-state index contributed by atoms with van der Waals surface area (Å²) < 4.78 is 10.1. The van der Waals surface area contributed by atoms with E-state index in [1.165, 1.54) is 7.11 Å². The van der Waals surface area contributed by atoms with Gasteiger partial charge in [0.1, 0.15) is 0 Å². The number of para-hydroxylation sites is 1. The molecule has 1 atom stereocenters. The van der Waals surface area contributed by atoms with Gasteiger partial charge in [0.15, 0.2) is 5.54 Å². The van der Waals surface area contributed by atoms with Crippen molar-refractivity contribution in [2.75, 3.05) is 25.6 Å². The van der Waals surface area contributed by atoms with Crippen molar-refractivity contribution in [3.05, 3.63) is 30.3 Å². The van der Waals surface area contributed by atoms with Gasteiger partial charge in [0.05, 0.1) is 13.7 Å². The van der Waals surface area contributed by atoms with Gasteiger partial charge in [-0.2, -0.15) is 0 Å². The smallest absolute Gasteiger partial charge is 0.334 e. The SMILES string of the molecule is COC(=O)C1(Nc2ccccc2)CCOC1. The number of carbonyl (C=O) groups excluding carboxylic acids is 1. The summed E-state index contributed by atoms with van der Waals surface area (Å²) in [6, 6.07) is 9.61. The van der Waals surface area contributed by atoms with Gasteiger partial charge in [0.2, 0.25) is 0 Å². The van der Waals surface area contributed by atoms with Crippen molar-refractivity contribution >= 4 is 11.7 Å². The number of hydrogen-bond acceptors (Lipinski definition) is 4. The van der Waals surface area contributed by atoms with Gasteiger partial charge in [-0.05, 0) is 12.1 Å². The maximum Gasteiger partial charge on any atom is 0.334 e. The third-order valence-electron chi connectivity index (χ3n) is 2.76. The van der Waals surface area contributed by atoms with E-state index in [-0.39, 0.29) is 5.97 Å². The van der Waals surface area contributed by atoms with Gasteiger partial charge in [0, 0.05) is 18.7 Å². The number of nitrogens with one attached hydrogen (secondary N) is 1. The fourth-order valence-corrected chi connectivity index (χ4v) is 1.87. The zero-order valence-electron chi connectivity index (χ0n) is 9.23. The third kappa shape index (κ3) is 2.02. The largest absolute Gasteiger partial charge is 0.467 e. The molecule has 16 heavy (non-hydrogen) atoms. The molecule has 1 aliphatic rings. The van der Waals surface area contributed by atoms with Crippen molar-refractivity contribution in [1.29, 1.82) is 0 Å². The van der Waals surface area contributed by atoms with E-state index in [4.69, 9.17) is 9.47 Å². The molecule has 2 rings (SSSR count). The quantitative estimate of drug-likeness (QED) is 0.784. The van der Waals surface area contributed by atoms with Gasteiger partial charge in [-0.25, -0.2) is 4.79 Å². The summed E-state index contributed by atoms with van der Waals surface area (Å²) in [5, 5.41) is 3.21. The summed E-state index contributed by atoms with van der Waals surface area (Å²) in [6.07, 6.45) is 0.633. The van der Waals surface area contributed by atoms with Crippen molar-refractivity contribution in [2.24, 2.45) is 0 Å². The first kappa shape index (κ1) is 11.0. The molecule has 0 radical (unpaired) electrons. The van der Waals surface area contributed by atoms with Crippen LogP contribution in [0.2, 0.25) is 0 Å². The standard InChI is InChI=1S/C12H15NO3/c1-15-11(14)12(7-8-16-9-12)13-10-5-3-2-4-6-10/h2-6,13H,7-9H2,1H3. The lowest BCUT2D eigenvalue weighted by Crippen LogP contribution is -2.47. The molecule has 0 spiro atoms. The molecular formula is C12H15NO3. The lowest BCUT2D eigenvalue weighted by atomic mass is 9.98. The molecule has 1 fully saturated rings. The molecule has 1 aromatic carbocycles. The Morgan fingerprint density at radius 2 is 2.19 bits per heavy atom. The molecular weight excluding hydrogens is 206 g/mol. The number of carbonyl (C=O) groups is 1. The van der Waals surface area contributed by atoms with Crippen molar-refractivity contribution in [2.45, 2.75) is 12.0 Å². The van der Waals surface area contributed by atoms with Crippen molar-refractivity contribution in [1.82, 2.24) is 0 Å². The fraction of sp³-hybridized carbons (Fsp3) is 0.417. The van der Waals surface area contributed by atoms with E-state index in [1.54, 1.807) is 0 Å². The van der Waals surface area contributed by atoms with E-state index >= 15 is 0 Å². The third-order valence-corrected chi connectivity index (χ3v) is 2.76. The van der Waals surface area contributed by atoms with E-state index in [0.29, 0.717) is 19.6 Å². The first-order valence-electron chi connectivity index (χ1n) is 5.26. The molecule has 1 heterocycles. The summed E-state index contributed by atoms with van der Waals surface area (Å²) in [7, 11) is 1.40. The highest BCUT2D eigenvalue weighted by atomic mass is 16.5. The van der Waals surface area contributed by atoms with E-state index in [1.807, 2.05) is 30.3 Å². The highest BCUT2D eigenvalue weighted by Crippen LogP contribution is 2.25. The number of rotatable bonds is 3. The number of methoxy groups -OCH3 is 1. The number of hydrogen-bond donors (Lipinski definition) is 1. The zero-order valence-corrected chi connectivity index (χ0v) is 9.23. The molecule has 0 amide bonds. The summed E-state index contributed by atoms with van der Waals surface area (Å²) in [5.41, 5.74) is 0.175. The molecule has 1 saturated heterocycles. The second kappa shape index (κ2) is 4.53. The average Bonchev–Trinajstić information content (AvgIpc) is 2.79. The first-order valence-corrected chi connectivity index (χ1v) is 5.26. The van der Waals surface area contributed by atoms with Crippen molar-refractivity contribution in [3.63, 3.8) is 0 Å². The summed E-state index contributed by atoms with van der Waals surface area (Å²) in [5.74, 6) is -0.270. The van der Waals surface area contributed by atoms with Gasteiger partial charge in [-0.3, -0.25) is 0 Å². The molecule has 0 aromatic heterocycles. The van der Waals surface area contributed by atoms with Gasteiger partial charge < -0.3 is 14.8 Å². The van der Waals surface area contributed by atoms with Crippen LogP contribution in [-0.2, 0) is 14.3 Å². The predicted octanol–water partition coefficient (Wildman–Crippen LogP) is 1.43. The van der Waals surface area contributed by atoms with Crippen LogP contribution in [0.1, 0.15) is 6.42 Å². The van der Waals surface area contributed by atoms with Crippen LogP contribution in [0.5, 0.6) is 0 Å². The second-order valence-corrected chi connectivity index (χ2v) is 3.87. The Morgan fingerprint density at radius 3 is 2.75 bits per heavy atom. The number of esters is 1. The second-order valence-electron chi connectivity index (χ2n) is 3.87. The van der Waals surface area contributed by atoms with Crippen molar-refractivity contribution < 1.29 is 14.3 Å². The molecule has 0 aliphatic carbocycles. The average molecular weight is 221 g/mol. The van der Waals surface area contributed by atoms with E-state index in [2.05, 4.69) is 5.32 Å². The van der Waals surface area contributed by atoms with E-state index in [0.717, 1.165) is 5.69 Å². The van der Waals surface area contributed by atoms with E-state index in [9.17, 15) is 4.79 Å². The number of benzene rings is 1. The zero-order chi connectivity index (χ0) is 11.4. The fourth-order valence-electron chi connectivity index (χ4n) is 1.87. The molecule has 4 heteroatoms. The molecule has 1 aliphatic heterocycles. The van der Waals surface area contributed by atoms with Crippen LogP contribution in [0.4, 0.5) is 5.69 Å². The predicted molar refractivity (Wildman–Crippen MR) is 60.2 cm³/mol. The van der Waals surface area contributed by atoms with Gasteiger partial charge >= 0.3 is 5.97 Å². The molecule has 1 aromatic rings. The molecule has 1 N–H and O–H groups in total. The Labute approximate surface area is 94.6 Å². The molecule has 86 valence electrons. The molecule has 0 saturated carbocycles. The van der Waals surface area contributed by atoms with Gasteiger partial charge in [-0.1, -0.05) is 18.2 Å². The lowest BCUT2D eigenvalue weighted by molar-refractivity contribution is -0.146. The van der Waals surface area contributed by atoms with Crippen molar-refractivity contribution in [3.8, 4) is 0 Å². The Kier molecular flexibility index (Phi) is 3.10. The van der Waals surface area contributed by atoms with Gasteiger partial charge in [0.25, 0.3) is 0 Å². The molecule has 1 unspecified atom stereocenters. The monoisotopic (exact) mass is 221 g/mol. The summed E-state index contributed by atoms with van der Waals surface area (Å²) in [6.45, 7) is 0.934. The first-order chi connectivity index (χ1) is 7.77. The normalized spacial score (nSPS) is 24.1. The highest BCUT2D eigenvalue weighted by molar-refractivity contribution is 5.85. The molecule has 4 nitrogen and oxygen atoms in total. The summed E-state index contributed by atoms with van der Waals surface area (Å²) >= 11 is 0. The van der Waals surface area contributed by atoms with Crippen LogP contribution in [0.15, 0.2) is 30.3 Å². The van der Waals surface area contributed by atoms with E-state index < -0.39 is 5.54 Å². The van der Waals surface area contributed by atoms with Crippen LogP contribution in [0, 0.1) is 0 Å². The maximum atomic E-state index is 11.8. The molecule has 0 bridgehead atoms. The van der Waals surface area contributed by atoms with Crippen LogP contribution in [0.3, 0.4) is 0 Å². The minimum Gasteiger partial charge on any atom is -0.467 e. The summed E-state index contributed by atoms with van der Waals surface area (Å²) in [4.78, 5) is 11.8. The highest BCUT2D eigenvalue weighted by Gasteiger charge is 2.43. The topological polar surface area (TPSA) is 47.6 Å². The maximum absolute atomic E-state index is 11.8. The minimum atomic E-state index is -0.726. The Morgan fingerprint density at radius 1 is 1.44 bits per heavy atom. The van der Waals surface area contributed by atoms with Gasteiger partial charge in [-0.15, -0.1) is 0 Å². The van der Waals surface area contributed by atoms with Crippen LogP contribution < -0.4 is 5.32 Å². The Balaban J connectivity index is 2.18. The Bertz CT molecular complexity index is 358. The van der Waals surface area contributed by atoms with Crippen LogP contribution in [0.25, 0.3) is 0 Å². The minimum absolute atomic E-state index is 0.270. The Hall–Kier alpha value is -1.55. The number of ether oxygens (including phenoxy) is 2. The number of anilines is 1.